The van der Waals surface area contributed by atoms with E-state index < -0.39 is 15.9 Å². The summed E-state index contributed by atoms with van der Waals surface area (Å²) < 4.78 is 34.0. The molecular formula is C28H23ClN4O4S. The summed E-state index contributed by atoms with van der Waals surface area (Å²) in [5.74, 6) is 0.0275. The Bertz CT molecular complexity index is 1560. The van der Waals surface area contributed by atoms with Crippen molar-refractivity contribution in [2.24, 2.45) is 0 Å². The molecule has 8 nitrogen and oxygen atoms in total. The van der Waals surface area contributed by atoms with E-state index >= 15 is 0 Å². The van der Waals surface area contributed by atoms with Gasteiger partial charge in [0.1, 0.15) is 23.2 Å². The average Bonchev–Trinajstić information content (AvgIpc) is 3.39. The van der Waals surface area contributed by atoms with E-state index in [9.17, 15) is 18.5 Å². The minimum absolute atomic E-state index is 0.0667. The number of amides is 1. The number of nitrogens with one attached hydrogen (secondary N) is 1. The first kappa shape index (κ1) is 26.8. The number of hydrogen-bond acceptors (Lipinski definition) is 6. The second kappa shape index (κ2) is 12.3. The molecule has 192 valence electrons. The summed E-state index contributed by atoms with van der Waals surface area (Å²) in [5, 5.41) is 12.7. The zero-order chi connectivity index (χ0) is 27.0. The Kier molecular flexibility index (Phi) is 8.71. The maximum atomic E-state index is 13.5. The van der Waals surface area contributed by atoms with E-state index in [0.29, 0.717) is 10.8 Å². The van der Waals surface area contributed by atoms with Gasteiger partial charge in [-0.25, -0.2) is 8.42 Å². The number of benzene rings is 2. The van der Waals surface area contributed by atoms with Gasteiger partial charge in [-0.05, 0) is 53.6 Å². The lowest BCUT2D eigenvalue weighted by molar-refractivity contribution is -0.117. The molecule has 0 saturated heterocycles. The summed E-state index contributed by atoms with van der Waals surface area (Å²) >= 11 is 5.99. The van der Waals surface area contributed by atoms with Crippen molar-refractivity contribution in [3.63, 3.8) is 0 Å². The van der Waals surface area contributed by atoms with E-state index in [-0.39, 0.29) is 35.9 Å². The molecule has 0 spiro atoms. The van der Waals surface area contributed by atoms with Gasteiger partial charge in [-0.3, -0.25) is 9.78 Å². The van der Waals surface area contributed by atoms with Crippen LogP contribution in [0.3, 0.4) is 0 Å². The Morgan fingerprint density at radius 3 is 2.45 bits per heavy atom. The Balaban J connectivity index is 1.53. The smallest absolute Gasteiger partial charge is 0.262 e. The molecule has 4 rings (SSSR count). The fourth-order valence-corrected chi connectivity index (χ4v) is 5.10. The summed E-state index contributed by atoms with van der Waals surface area (Å²) in [4.78, 5) is 16.6. The zero-order valence-electron chi connectivity index (χ0n) is 20.1. The number of rotatable bonds is 10. The second-order valence-corrected chi connectivity index (χ2v) is 10.6. The SMILES string of the molecule is N#C/C(=C/c1ccc(CN(Cc2ccc(Cl)cc2)S(=O)(=O)c2ccccc2)o1)C(=O)NCc1cccnc1. The van der Waals surface area contributed by atoms with Crippen molar-refractivity contribution < 1.29 is 17.6 Å². The number of aromatic nitrogens is 1. The standard InChI is InChI=1S/C28H23ClN4O4S/c29-24-10-8-21(9-11-24)19-33(38(35,36)27-6-2-1-3-7-27)20-26-13-12-25(37-26)15-23(16-30)28(34)32-18-22-5-4-14-31-17-22/h1-15,17H,18-20H2,(H,32,34)/b23-15-. The number of nitrogens with zero attached hydrogens (tertiary/aromatic N) is 3. The van der Waals surface area contributed by atoms with Gasteiger partial charge in [0.25, 0.3) is 5.91 Å². The van der Waals surface area contributed by atoms with Gasteiger partial charge in [0.2, 0.25) is 10.0 Å². The van der Waals surface area contributed by atoms with Gasteiger partial charge in [-0.15, -0.1) is 0 Å². The first-order chi connectivity index (χ1) is 18.3. The van der Waals surface area contributed by atoms with Gasteiger partial charge in [-0.1, -0.05) is 48.0 Å². The van der Waals surface area contributed by atoms with Crippen molar-refractivity contribution in [3.8, 4) is 6.07 Å². The number of halogens is 1. The molecule has 0 bridgehead atoms. The van der Waals surface area contributed by atoms with Crippen LogP contribution in [-0.2, 0) is 34.5 Å². The monoisotopic (exact) mass is 546 g/mol. The number of carbonyl (C=O) groups excluding carboxylic acids is 1. The van der Waals surface area contributed by atoms with Crippen LogP contribution in [0.2, 0.25) is 5.02 Å². The number of nitriles is 1. The lowest BCUT2D eigenvalue weighted by Gasteiger charge is -2.21. The Labute approximate surface area is 225 Å². The molecule has 1 N–H and O–H groups in total. The topological polar surface area (TPSA) is 116 Å². The summed E-state index contributed by atoms with van der Waals surface area (Å²) in [6.07, 6.45) is 4.56. The fourth-order valence-electron chi connectivity index (χ4n) is 3.56. The van der Waals surface area contributed by atoms with E-state index in [2.05, 4.69) is 10.3 Å². The van der Waals surface area contributed by atoms with E-state index in [4.69, 9.17) is 16.0 Å². The van der Waals surface area contributed by atoms with Gasteiger partial charge < -0.3 is 9.73 Å². The number of pyridine rings is 1. The number of sulfonamides is 1. The van der Waals surface area contributed by atoms with Gasteiger partial charge in [-0.2, -0.15) is 9.57 Å². The van der Waals surface area contributed by atoms with E-state index in [1.165, 1.54) is 22.5 Å². The average molecular weight is 547 g/mol. The molecule has 0 atom stereocenters. The van der Waals surface area contributed by atoms with Crippen LogP contribution in [0.5, 0.6) is 0 Å². The quantitative estimate of drug-likeness (QED) is 0.222. The van der Waals surface area contributed by atoms with Crippen LogP contribution in [0.25, 0.3) is 6.08 Å². The number of carbonyl (C=O) groups is 1. The second-order valence-electron chi connectivity index (χ2n) is 8.23. The summed E-state index contributed by atoms with van der Waals surface area (Å²) in [7, 11) is -3.87. The van der Waals surface area contributed by atoms with E-state index in [1.807, 2.05) is 6.07 Å². The van der Waals surface area contributed by atoms with Crippen molar-refractivity contribution in [1.29, 1.82) is 5.26 Å². The Morgan fingerprint density at radius 2 is 1.76 bits per heavy atom. The van der Waals surface area contributed by atoms with Crippen molar-refractivity contribution in [1.82, 2.24) is 14.6 Å². The largest absolute Gasteiger partial charge is 0.460 e. The van der Waals surface area contributed by atoms with Crippen LogP contribution < -0.4 is 5.32 Å². The third-order valence-electron chi connectivity index (χ3n) is 5.50. The van der Waals surface area contributed by atoms with Crippen molar-refractivity contribution in [2.75, 3.05) is 0 Å². The third kappa shape index (κ3) is 6.95. The highest BCUT2D eigenvalue weighted by atomic mass is 35.5. The molecule has 0 saturated carbocycles. The molecule has 0 aliphatic carbocycles. The van der Waals surface area contributed by atoms with Crippen LogP contribution >= 0.6 is 11.6 Å². The number of furan rings is 1. The van der Waals surface area contributed by atoms with Crippen LogP contribution in [0.4, 0.5) is 0 Å². The molecule has 0 aliphatic rings. The first-order valence-corrected chi connectivity index (χ1v) is 13.3. The number of hydrogen-bond donors (Lipinski definition) is 1. The van der Waals surface area contributed by atoms with Crippen LogP contribution in [0.1, 0.15) is 22.6 Å². The molecule has 1 amide bonds. The Morgan fingerprint density at radius 1 is 1.00 bits per heavy atom. The maximum absolute atomic E-state index is 13.5. The minimum Gasteiger partial charge on any atom is -0.460 e. The maximum Gasteiger partial charge on any atom is 0.262 e. The molecule has 0 aliphatic heterocycles. The summed E-state index contributed by atoms with van der Waals surface area (Å²) in [6, 6.07) is 23.7. The summed E-state index contributed by atoms with van der Waals surface area (Å²) in [5.41, 5.74) is 1.39. The highest BCUT2D eigenvalue weighted by molar-refractivity contribution is 7.89. The van der Waals surface area contributed by atoms with E-state index in [1.54, 1.807) is 79.1 Å². The molecule has 2 aromatic carbocycles. The molecule has 10 heteroatoms. The molecule has 0 fully saturated rings. The van der Waals surface area contributed by atoms with Crippen LogP contribution in [0.15, 0.2) is 106 Å². The molecule has 0 radical (unpaired) electrons. The predicted octanol–water partition coefficient (Wildman–Crippen LogP) is 4.94. The first-order valence-electron chi connectivity index (χ1n) is 11.5. The van der Waals surface area contributed by atoms with Crippen molar-refractivity contribution in [3.05, 3.63) is 124 Å². The minimum atomic E-state index is -3.87. The summed E-state index contributed by atoms with van der Waals surface area (Å²) in [6.45, 7) is 0.231. The van der Waals surface area contributed by atoms with Gasteiger partial charge in [0.05, 0.1) is 11.4 Å². The normalized spacial score (nSPS) is 11.8. The lowest BCUT2D eigenvalue weighted by Crippen LogP contribution is -2.30. The Hall–Kier alpha value is -4.23. The fraction of sp³-hybridized carbons (Fsp3) is 0.107. The highest BCUT2D eigenvalue weighted by Gasteiger charge is 2.26. The molecule has 0 unspecified atom stereocenters. The van der Waals surface area contributed by atoms with Gasteiger partial charge in [0, 0.05) is 36.6 Å². The van der Waals surface area contributed by atoms with E-state index in [0.717, 1.165) is 11.1 Å². The third-order valence-corrected chi connectivity index (χ3v) is 7.55. The van der Waals surface area contributed by atoms with Crippen LogP contribution in [-0.4, -0.2) is 23.6 Å². The predicted molar refractivity (Wildman–Crippen MR) is 143 cm³/mol. The molecule has 4 aromatic rings. The zero-order valence-corrected chi connectivity index (χ0v) is 21.7. The molecule has 38 heavy (non-hydrogen) atoms. The molecule has 2 aromatic heterocycles. The van der Waals surface area contributed by atoms with Gasteiger partial charge in [0.15, 0.2) is 0 Å². The van der Waals surface area contributed by atoms with Crippen molar-refractivity contribution >= 4 is 33.6 Å². The molecular weight excluding hydrogens is 524 g/mol. The van der Waals surface area contributed by atoms with Crippen LogP contribution in [0, 0.1) is 11.3 Å². The van der Waals surface area contributed by atoms with Crippen molar-refractivity contribution in [2.45, 2.75) is 24.5 Å². The highest BCUT2D eigenvalue weighted by Crippen LogP contribution is 2.23. The lowest BCUT2D eigenvalue weighted by atomic mass is 10.2. The van der Waals surface area contributed by atoms with Gasteiger partial charge >= 0.3 is 0 Å². The molecule has 2 heterocycles.